The van der Waals surface area contributed by atoms with Gasteiger partial charge in [-0.3, -0.25) is 0 Å². The Hall–Kier alpha value is -1.07. The van der Waals surface area contributed by atoms with E-state index in [-0.39, 0.29) is 23.4 Å². The van der Waals surface area contributed by atoms with Crippen LogP contribution in [0, 0.1) is 0 Å². The van der Waals surface area contributed by atoms with Gasteiger partial charge in [0.2, 0.25) is 0 Å². The first kappa shape index (κ1) is 13.0. The monoisotopic (exact) mass is 243 g/mol. The van der Waals surface area contributed by atoms with Gasteiger partial charge in [0.15, 0.2) is 9.84 Å². The maximum absolute atomic E-state index is 11.8. The van der Waals surface area contributed by atoms with E-state index in [1.807, 2.05) is 13.8 Å². The molecule has 0 saturated heterocycles. The average molecular weight is 243 g/mol. The third kappa shape index (κ3) is 3.83. The topological polar surface area (TPSA) is 69.4 Å². The maximum atomic E-state index is 11.8. The highest BCUT2D eigenvalue weighted by molar-refractivity contribution is 7.91. The number of hydrogen-bond donors (Lipinski definition) is 1. The first-order valence-electron chi connectivity index (χ1n) is 5.12. The summed E-state index contributed by atoms with van der Waals surface area (Å²) in [6, 6.07) is 6.19. The van der Waals surface area contributed by atoms with E-state index >= 15 is 0 Å². The number of benzene rings is 1. The number of nitrogen functional groups attached to an aromatic ring is 1. The second-order valence-electron chi connectivity index (χ2n) is 3.81. The van der Waals surface area contributed by atoms with E-state index in [4.69, 9.17) is 10.5 Å². The Balaban J connectivity index is 2.67. The summed E-state index contributed by atoms with van der Waals surface area (Å²) in [6.07, 6.45) is 0.0432. The van der Waals surface area contributed by atoms with Gasteiger partial charge >= 0.3 is 0 Å². The van der Waals surface area contributed by atoms with Crippen LogP contribution in [0.25, 0.3) is 0 Å². The summed E-state index contributed by atoms with van der Waals surface area (Å²) in [6.45, 7) is 3.95. The Kier molecular flexibility index (Phi) is 4.32. The predicted molar refractivity (Wildman–Crippen MR) is 64.0 cm³/mol. The van der Waals surface area contributed by atoms with Gasteiger partial charge in [0.25, 0.3) is 0 Å². The third-order valence-corrected chi connectivity index (χ3v) is 3.74. The number of ether oxygens (including phenoxy) is 1. The number of nitrogens with two attached hydrogens (primary N) is 1. The van der Waals surface area contributed by atoms with Crippen LogP contribution in [0.2, 0.25) is 0 Å². The molecule has 0 spiro atoms. The molecule has 1 rings (SSSR count). The zero-order valence-corrected chi connectivity index (χ0v) is 10.3. The summed E-state index contributed by atoms with van der Waals surface area (Å²) >= 11 is 0. The quantitative estimate of drug-likeness (QED) is 0.795. The minimum atomic E-state index is -3.25. The summed E-state index contributed by atoms with van der Waals surface area (Å²) in [5.74, 6) is -0.00486. The number of sulfone groups is 1. The van der Waals surface area contributed by atoms with Gasteiger partial charge < -0.3 is 10.5 Å². The van der Waals surface area contributed by atoms with Crippen LogP contribution in [0.15, 0.2) is 29.2 Å². The molecule has 2 N–H and O–H groups in total. The van der Waals surface area contributed by atoms with Crippen molar-refractivity contribution in [3.63, 3.8) is 0 Å². The Bertz CT molecular complexity index is 423. The second kappa shape index (κ2) is 5.32. The molecule has 0 amide bonds. The standard InChI is InChI=1S/C11H17NO3S/c1-9(2)15-7-8-16(13,14)11-5-3-10(12)4-6-11/h3-6,9H,7-8,12H2,1-2H3. The van der Waals surface area contributed by atoms with Crippen molar-refractivity contribution in [3.05, 3.63) is 24.3 Å². The highest BCUT2D eigenvalue weighted by atomic mass is 32.2. The highest BCUT2D eigenvalue weighted by Gasteiger charge is 2.14. The van der Waals surface area contributed by atoms with Crippen LogP contribution < -0.4 is 5.73 Å². The molecule has 0 saturated carbocycles. The SMILES string of the molecule is CC(C)OCCS(=O)(=O)c1ccc(N)cc1. The van der Waals surface area contributed by atoms with E-state index in [9.17, 15) is 8.42 Å². The predicted octanol–water partition coefficient (Wildman–Crippen LogP) is 1.47. The zero-order chi connectivity index (χ0) is 12.2. The van der Waals surface area contributed by atoms with E-state index in [0.717, 1.165) is 0 Å². The molecule has 90 valence electrons. The molecule has 0 heterocycles. The van der Waals surface area contributed by atoms with Gasteiger partial charge in [0.1, 0.15) is 0 Å². The van der Waals surface area contributed by atoms with Crippen molar-refractivity contribution < 1.29 is 13.2 Å². The molecule has 0 aliphatic heterocycles. The molecular formula is C11H17NO3S. The van der Waals surface area contributed by atoms with Crippen LogP contribution >= 0.6 is 0 Å². The fraction of sp³-hybridized carbons (Fsp3) is 0.455. The fourth-order valence-corrected chi connectivity index (χ4v) is 2.29. The van der Waals surface area contributed by atoms with Crippen molar-refractivity contribution >= 4 is 15.5 Å². The smallest absolute Gasteiger partial charge is 0.180 e. The molecule has 16 heavy (non-hydrogen) atoms. The van der Waals surface area contributed by atoms with E-state index in [1.165, 1.54) is 12.1 Å². The molecule has 5 heteroatoms. The summed E-state index contributed by atoms with van der Waals surface area (Å²) in [4.78, 5) is 0.286. The summed E-state index contributed by atoms with van der Waals surface area (Å²) in [7, 11) is -3.25. The lowest BCUT2D eigenvalue weighted by molar-refractivity contribution is 0.0912. The fourth-order valence-electron chi connectivity index (χ4n) is 1.19. The average Bonchev–Trinajstić information content (AvgIpc) is 2.17. The van der Waals surface area contributed by atoms with Crippen LogP contribution in [0.4, 0.5) is 5.69 Å². The van der Waals surface area contributed by atoms with Crippen LogP contribution in [0.3, 0.4) is 0 Å². The summed E-state index contributed by atoms with van der Waals surface area (Å²) < 4.78 is 28.8. The molecule has 0 radical (unpaired) electrons. The first-order valence-corrected chi connectivity index (χ1v) is 6.77. The molecular weight excluding hydrogens is 226 g/mol. The lowest BCUT2D eigenvalue weighted by Gasteiger charge is -2.08. The Labute approximate surface area is 96.3 Å². The van der Waals surface area contributed by atoms with Crippen molar-refractivity contribution in [1.29, 1.82) is 0 Å². The van der Waals surface area contributed by atoms with Gasteiger partial charge in [0, 0.05) is 5.69 Å². The molecule has 1 aromatic rings. The minimum Gasteiger partial charge on any atom is -0.399 e. The van der Waals surface area contributed by atoms with Crippen molar-refractivity contribution in [2.75, 3.05) is 18.1 Å². The van der Waals surface area contributed by atoms with Gasteiger partial charge in [-0.15, -0.1) is 0 Å². The van der Waals surface area contributed by atoms with Crippen molar-refractivity contribution in [3.8, 4) is 0 Å². The number of rotatable bonds is 5. The summed E-state index contributed by atoms with van der Waals surface area (Å²) in [5.41, 5.74) is 6.04. The van der Waals surface area contributed by atoms with Gasteiger partial charge in [-0.05, 0) is 38.1 Å². The molecule has 0 aromatic heterocycles. The van der Waals surface area contributed by atoms with Crippen LogP contribution in [0.5, 0.6) is 0 Å². The first-order chi connectivity index (χ1) is 7.42. The second-order valence-corrected chi connectivity index (χ2v) is 5.92. The molecule has 1 aromatic carbocycles. The van der Waals surface area contributed by atoms with Gasteiger partial charge in [-0.25, -0.2) is 8.42 Å². The molecule has 0 aliphatic rings. The molecule has 4 nitrogen and oxygen atoms in total. The zero-order valence-electron chi connectivity index (χ0n) is 9.51. The minimum absolute atomic E-state index is 0.00486. The van der Waals surface area contributed by atoms with E-state index in [2.05, 4.69) is 0 Å². The Morgan fingerprint density at radius 1 is 1.25 bits per heavy atom. The van der Waals surface area contributed by atoms with Gasteiger partial charge in [0.05, 0.1) is 23.4 Å². The normalized spacial score (nSPS) is 11.9. The third-order valence-electron chi connectivity index (χ3n) is 2.04. The lowest BCUT2D eigenvalue weighted by Crippen LogP contribution is -2.15. The molecule has 0 atom stereocenters. The number of hydrogen-bond acceptors (Lipinski definition) is 4. The lowest BCUT2D eigenvalue weighted by atomic mass is 10.3. The Morgan fingerprint density at radius 3 is 2.31 bits per heavy atom. The Morgan fingerprint density at radius 2 is 1.81 bits per heavy atom. The maximum Gasteiger partial charge on any atom is 0.180 e. The summed E-state index contributed by atoms with van der Waals surface area (Å²) in [5, 5.41) is 0. The number of anilines is 1. The highest BCUT2D eigenvalue weighted by Crippen LogP contribution is 2.13. The molecule has 0 fully saturated rings. The molecule has 0 bridgehead atoms. The van der Waals surface area contributed by atoms with Gasteiger partial charge in [-0.2, -0.15) is 0 Å². The van der Waals surface area contributed by atoms with E-state index < -0.39 is 9.84 Å². The van der Waals surface area contributed by atoms with Crippen LogP contribution in [-0.2, 0) is 14.6 Å². The van der Waals surface area contributed by atoms with Crippen LogP contribution in [0.1, 0.15) is 13.8 Å². The van der Waals surface area contributed by atoms with Crippen LogP contribution in [-0.4, -0.2) is 26.9 Å². The molecule has 0 unspecified atom stereocenters. The van der Waals surface area contributed by atoms with Crippen molar-refractivity contribution in [1.82, 2.24) is 0 Å². The van der Waals surface area contributed by atoms with Gasteiger partial charge in [-0.1, -0.05) is 0 Å². The van der Waals surface area contributed by atoms with Crippen molar-refractivity contribution in [2.45, 2.75) is 24.8 Å². The van der Waals surface area contributed by atoms with E-state index in [0.29, 0.717) is 5.69 Å². The van der Waals surface area contributed by atoms with Crippen molar-refractivity contribution in [2.24, 2.45) is 0 Å². The van der Waals surface area contributed by atoms with E-state index in [1.54, 1.807) is 12.1 Å². The largest absolute Gasteiger partial charge is 0.399 e. The molecule has 0 aliphatic carbocycles.